The molecular weight excluding hydrogens is 279 g/mol. The van der Waals surface area contributed by atoms with Crippen molar-refractivity contribution in [1.29, 1.82) is 0 Å². The molecule has 0 spiro atoms. The Hall–Kier alpha value is -0.640. The summed E-state index contributed by atoms with van der Waals surface area (Å²) in [6.45, 7) is 2.17. The van der Waals surface area contributed by atoms with Crippen LogP contribution in [0.2, 0.25) is 10.0 Å². The zero-order valence-electron chi connectivity index (χ0n) is 9.28. The predicted octanol–water partition coefficient (Wildman–Crippen LogP) is 4.20. The third-order valence-electron chi connectivity index (χ3n) is 1.78. The standard InChI is InChI=1S/C12H12Cl2O2S/c1-2-16-12(15)4-3-7-17-9-5-6-10(13)11(14)8-9/h3-6,8H,2,7H2,1H3/b4-3+. The van der Waals surface area contributed by atoms with E-state index in [9.17, 15) is 4.79 Å². The first kappa shape index (κ1) is 14.4. The maximum atomic E-state index is 11.0. The van der Waals surface area contributed by atoms with Crippen LogP contribution in [0.5, 0.6) is 0 Å². The lowest BCUT2D eigenvalue weighted by molar-refractivity contribution is -0.137. The highest BCUT2D eigenvalue weighted by Crippen LogP contribution is 2.27. The van der Waals surface area contributed by atoms with Crippen LogP contribution in [0, 0.1) is 0 Å². The highest BCUT2D eigenvalue weighted by atomic mass is 35.5. The van der Waals surface area contributed by atoms with Gasteiger partial charge in [0.1, 0.15) is 0 Å². The molecule has 0 aliphatic carbocycles. The highest BCUT2D eigenvalue weighted by molar-refractivity contribution is 7.99. The number of carbonyl (C=O) groups excluding carboxylic acids is 1. The molecule has 0 bridgehead atoms. The molecule has 0 fully saturated rings. The summed E-state index contributed by atoms with van der Waals surface area (Å²) in [6.07, 6.45) is 3.18. The number of ether oxygens (including phenoxy) is 1. The van der Waals surface area contributed by atoms with Gasteiger partial charge in [0.2, 0.25) is 0 Å². The third-order valence-corrected chi connectivity index (χ3v) is 3.46. The van der Waals surface area contributed by atoms with Gasteiger partial charge >= 0.3 is 5.97 Å². The Morgan fingerprint density at radius 2 is 2.18 bits per heavy atom. The Labute approximate surface area is 115 Å². The van der Waals surface area contributed by atoms with Gasteiger partial charge in [0.05, 0.1) is 16.7 Å². The fourth-order valence-corrected chi connectivity index (χ4v) is 2.16. The Kier molecular flexibility index (Phi) is 6.48. The van der Waals surface area contributed by atoms with E-state index in [0.29, 0.717) is 22.4 Å². The van der Waals surface area contributed by atoms with E-state index in [4.69, 9.17) is 27.9 Å². The Morgan fingerprint density at radius 1 is 1.41 bits per heavy atom. The molecule has 0 radical (unpaired) electrons. The van der Waals surface area contributed by atoms with Gasteiger partial charge in [0, 0.05) is 16.7 Å². The lowest BCUT2D eigenvalue weighted by Crippen LogP contribution is -1.98. The molecule has 5 heteroatoms. The van der Waals surface area contributed by atoms with Gasteiger partial charge in [-0.3, -0.25) is 0 Å². The Morgan fingerprint density at radius 3 is 2.82 bits per heavy atom. The van der Waals surface area contributed by atoms with Crippen molar-refractivity contribution in [3.63, 3.8) is 0 Å². The van der Waals surface area contributed by atoms with E-state index in [1.165, 1.54) is 6.08 Å². The molecule has 0 amide bonds. The maximum Gasteiger partial charge on any atom is 0.330 e. The fourth-order valence-electron chi connectivity index (χ4n) is 1.05. The molecule has 0 aliphatic heterocycles. The van der Waals surface area contributed by atoms with Gasteiger partial charge in [-0.1, -0.05) is 29.3 Å². The first-order valence-electron chi connectivity index (χ1n) is 5.04. The smallest absolute Gasteiger partial charge is 0.330 e. The molecular formula is C12H12Cl2O2S. The van der Waals surface area contributed by atoms with E-state index in [1.807, 2.05) is 6.07 Å². The molecule has 1 aromatic carbocycles. The number of halogens is 2. The Bertz CT molecular complexity index is 419. The summed E-state index contributed by atoms with van der Waals surface area (Å²) >= 11 is 13.2. The number of benzene rings is 1. The second-order valence-corrected chi connectivity index (χ2v) is 4.95. The molecule has 0 saturated heterocycles. The van der Waals surface area contributed by atoms with Crippen molar-refractivity contribution in [2.75, 3.05) is 12.4 Å². The van der Waals surface area contributed by atoms with Gasteiger partial charge in [0.15, 0.2) is 0 Å². The van der Waals surface area contributed by atoms with Crippen LogP contribution in [0.3, 0.4) is 0 Å². The van der Waals surface area contributed by atoms with E-state index in [0.717, 1.165) is 4.90 Å². The summed E-state index contributed by atoms with van der Waals surface area (Å²) in [6, 6.07) is 5.44. The number of thioether (sulfide) groups is 1. The van der Waals surface area contributed by atoms with E-state index in [-0.39, 0.29) is 5.97 Å². The molecule has 0 N–H and O–H groups in total. The topological polar surface area (TPSA) is 26.3 Å². The molecule has 0 saturated carbocycles. The van der Waals surface area contributed by atoms with Crippen LogP contribution < -0.4 is 0 Å². The quantitative estimate of drug-likeness (QED) is 0.462. The monoisotopic (exact) mass is 290 g/mol. The summed E-state index contributed by atoms with van der Waals surface area (Å²) in [5.74, 6) is 0.360. The number of carbonyl (C=O) groups is 1. The minimum Gasteiger partial charge on any atom is -0.463 e. The van der Waals surface area contributed by atoms with E-state index < -0.39 is 0 Å². The number of esters is 1. The molecule has 0 aliphatic rings. The zero-order chi connectivity index (χ0) is 12.7. The number of rotatable bonds is 5. The van der Waals surface area contributed by atoms with Gasteiger partial charge in [-0.2, -0.15) is 0 Å². The van der Waals surface area contributed by atoms with E-state index >= 15 is 0 Å². The SMILES string of the molecule is CCOC(=O)/C=C/CSc1ccc(Cl)c(Cl)c1. The Balaban J connectivity index is 2.40. The van der Waals surface area contributed by atoms with Crippen LogP contribution in [0.1, 0.15) is 6.92 Å². The fraction of sp³-hybridized carbons (Fsp3) is 0.250. The van der Waals surface area contributed by atoms with Crippen LogP contribution in [0.25, 0.3) is 0 Å². The van der Waals surface area contributed by atoms with Crippen molar-refractivity contribution in [3.05, 3.63) is 40.4 Å². The highest BCUT2D eigenvalue weighted by Gasteiger charge is 1.99. The molecule has 92 valence electrons. The first-order chi connectivity index (χ1) is 8.13. The van der Waals surface area contributed by atoms with Crippen molar-refractivity contribution in [1.82, 2.24) is 0 Å². The third kappa shape index (κ3) is 5.48. The molecule has 0 aromatic heterocycles. The zero-order valence-corrected chi connectivity index (χ0v) is 11.6. The summed E-state index contributed by atoms with van der Waals surface area (Å²) in [7, 11) is 0. The summed E-state index contributed by atoms with van der Waals surface area (Å²) in [4.78, 5) is 12.0. The molecule has 0 atom stereocenters. The van der Waals surface area contributed by atoms with Crippen LogP contribution in [-0.2, 0) is 9.53 Å². The lowest BCUT2D eigenvalue weighted by atomic mass is 10.4. The minimum atomic E-state index is -0.317. The van der Waals surface area contributed by atoms with Crippen LogP contribution in [0.15, 0.2) is 35.2 Å². The lowest BCUT2D eigenvalue weighted by Gasteiger charge is -2.00. The molecule has 17 heavy (non-hydrogen) atoms. The first-order valence-corrected chi connectivity index (χ1v) is 6.78. The van der Waals surface area contributed by atoms with Gasteiger partial charge in [-0.25, -0.2) is 4.79 Å². The molecule has 1 rings (SSSR count). The summed E-state index contributed by atoms with van der Waals surface area (Å²) < 4.78 is 4.76. The van der Waals surface area contributed by atoms with Gasteiger partial charge in [0.25, 0.3) is 0 Å². The van der Waals surface area contributed by atoms with Crippen LogP contribution >= 0.6 is 35.0 Å². The van der Waals surface area contributed by atoms with Crippen molar-refractivity contribution in [2.24, 2.45) is 0 Å². The summed E-state index contributed by atoms with van der Waals surface area (Å²) in [5.41, 5.74) is 0. The number of hydrogen-bond donors (Lipinski definition) is 0. The predicted molar refractivity (Wildman–Crippen MR) is 73.0 cm³/mol. The normalized spacial score (nSPS) is 10.8. The van der Waals surface area contributed by atoms with Crippen LogP contribution in [-0.4, -0.2) is 18.3 Å². The second kappa shape index (κ2) is 7.64. The van der Waals surface area contributed by atoms with Gasteiger partial charge in [-0.05, 0) is 25.1 Å². The van der Waals surface area contributed by atoms with Crippen molar-refractivity contribution in [2.45, 2.75) is 11.8 Å². The van der Waals surface area contributed by atoms with E-state index in [2.05, 4.69) is 0 Å². The summed E-state index contributed by atoms with van der Waals surface area (Å²) in [5, 5.41) is 1.07. The van der Waals surface area contributed by atoms with Gasteiger partial charge in [-0.15, -0.1) is 11.8 Å². The van der Waals surface area contributed by atoms with Crippen molar-refractivity contribution >= 4 is 40.9 Å². The van der Waals surface area contributed by atoms with Crippen molar-refractivity contribution < 1.29 is 9.53 Å². The molecule has 0 unspecified atom stereocenters. The largest absolute Gasteiger partial charge is 0.463 e. The molecule has 1 aromatic rings. The van der Waals surface area contributed by atoms with E-state index in [1.54, 1.807) is 36.9 Å². The molecule has 2 nitrogen and oxygen atoms in total. The second-order valence-electron chi connectivity index (χ2n) is 3.04. The molecule has 0 heterocycles. The average molecular weight is 291 g/mol. The maximum absolute atomic E-state index is 11.0. The van der Waals surface area contributed by atoms with Crippen LogP contribution in [0.4, 0.5) is 0 Å². The minimum absolute atomic E-state index is 0.317. The van der Waals surface area contributed by atoms with Gasteiger partial charge < -0.3 is 4.74 Å². The van der Waals surface area contributed by atoms with Crippen molar-refractivity contribution in [3.8, 4) is 0 Å². The average Bonchev–Trinajstić information content (AvgIpc) is 2.29. The number of hydrogen-bond acceptors (Lipinski definition) is 3.